The molecule has 2 aromatic heterocycles. The zero-order chi connectivity index (χ0) is 21.8. The number of hydrogen-bond acceptors (Lipinski definition) is 6. The number of fused-ring (bicyclic) bond motifs is 1. The lowest BCUT2D eigenvalue weighted by Gasteiger charge is -2.15. The number of rotatable bonds is 7. The van der Waals surface area contributed by atoms with Gasteiger partial charge in [0.15, 0.2) is 5.16 Å². The van der Waals surface area contributed by atoms with E-state index in [1.807, 2.05) is 48.7 Å². The fourth-order valence-corrected chi connectivity index (χ4v) is 4.73. The van der Waals surface area contributed by atoms with Gasteiger partial charge in [-0.15, -0.1) is 11.3 Å². The molecule has 0 spiro atoms. The molecule has 158 valence electrons. The number of anilines is 1. The number of carbonyl (C=O) groups excluding carboxylic acids is 1. The topological polar surface area (TPSA) is 73.2 Å². The Hall–Kier alpha value is -3.10. The number of thiophene rings is 1. The van der Waals surface area contributed by atoms with Crippen molar-refractivity contribution in [2.24, 2.45) is 0 Å². The van der Waals surface area contributed by atoms with Crippen LogP contribution in [0.3, 0.4) is 0 Å². The Bertz CT molecular complexity index is 1250. The van der Waals surface area contributed by atoms with Crippen LogP contribution in [0.5, 0.6) is 11.5 Å². The zero-order valence-electron chi connectivity index (χ0n) is 17.1. The van der Waals surface area contributed by atoms with Crippen LogP contribution in [0.15, 0.2) is 76.0 Å². The molecule has 1 unspecified atom stereocenters. The average molecular weight is 452 g/mol. The van der Waals surface area contributed by atoms with Crippen molar-refractivity contribution in [2.75, 3.05) is 5.32 Å². The lowest BCUT2D eigenvalue weighted by atomic mass is 10.3. The summed E-state index contributed by atoms with van der Waals surface area (Å²) in [4.78, 5) is 30.0. The number of para-hydroxylation sites is 1. The second kappa shape index (κ2) is 9.36. The lowest BCUT2D eigenvalue weighted by Crippen LogP contribution is -2.26. The highest BCUT2D eigenvalue weighted by Crippen LogP contribution is 2.26. The first-order valence-electron chi connectivity index (χ1n) is 9.83. The van der Waals surface area contributed by atoms with E-state index in [1.54, 1.807) is 35.8 Å². The van der Waals surface area contributed by atoms with Crippen molar-refractivity contribution in [1.82, 2.24) is 9.55 Å². The number of nitrogens with zero attached hydrogens (tertiary/aromatic N) is 2. The molecule has 4 rings (SSSR count). The fraction of sp³-hybridized carbons (Fsp3) is 0.174. The molecule has 31 heavy (non-hydrogen) atoms. The summed E-state index contributed by atoms with van der Waals surface area (Å²) in [5.74, 6) is 1.28. The predicted molar refractivity (Wildman–Crippen MR) is 126 cm³/mol. The van der Waals surface area contributed by atoms with Crippen molar-refractivity contribution in [3.05, 3.63) is 76.4 Å². The van der Waals surface area contributed by atoms with Crippen molar-refractivity contribution in [3.8, 4) is 11.5 Å². The van der Waals surface area contributed by atoms with Gasteiger partial charge in [0, 0.05) is 12.2 Å². The first kappa shape index (κ1) is 21.1. The number of ether oxygens (including phenoxy) is 1. The Morgan fingerprint density at radius 1 is 1.13 bits per heavy atom. The third-order valence-electron chi connectivity index (χ3n) is 4.60. The van der Waals surface area contributed by atoms with E-state index in [1.165, 1.54) is 23.1 Å². The SMILES string of the molecule is CCn1c(SC(C)C(=O)Nc2ccc(Oc3ccccc3)cc2)nc2ccsc2c1=O. The van der Waals surface area contributed by atoms with E-state index in [4.69, 9.17) is 4.74 Å². The second-order valence-electron chi connectivity index (χ2n) is 6.77. The van der Waals surface area contributed by atoms with Gasteiger partial charge in [-0.05, 0) is 61.7 Å². The minimum absolute atomic E-state index is 0.0633. The summed E-state index contributed by atoms with van der Waals surface area (Å²) < 4.78 is 8.03. The van der Waals surface area contributed by atoms with Crippen molar-refractivity contribution >= 4 is 44.9 Å². The van der Waals surface area contributed by atoms with Crippen LogP contribution in [-0.2, 0) is 11.3 Å². The number of aromatic nitrogens is 2. The van der Waals surface area contributed by atoms with Crippen LogP contribution in [0.25, 0.3) is 10.2 Å². The standard InChI is InChI=1S/C23H21N3O3S2/c1-3-26-22(28)20-19(13-14-30-20)25-23(26)31-15(2)21(27)24-16-9-11-18(12-10-16)29-17-7-5-4-6-8-17/h4-15H,3H2,1-2H3,(H,24,27). The summed E-state index contributed by atoms with van der Waals surface area (Å²) >= 11 is 2.67. The predicted octanol–water partition coefficient (Wildman–Crippen LogP) is 5.39. The average Bonchev–Trinajstić information content (AvgIpc) is 3.25. The van der Waals surface area contributed by atoms with Crippen molar-refractivity contribution in [1.29, 1.82) is 0 Å². The molecule has 1 N–H and O–H groups in total. The first-order chi connectivity index (χ1) is 15.0. The Morgan fingerprint density at radius 2 is 1.84 bits per heavy atom. The third-order valence-corrected chi connectivity index (χ3v) is 6.58. The van der Waals surface area contributed by atoms with E-state index in [-0.39, 0.29) is 11.5 Å². The molecule has 0 saturated carbocycles. The number of amides is 1. The van der Waals surface area contributed by atoms with Gasteiger partial charge < -0.3 is 10.1 Å². The molecule has 0 aliphatic rings. The molecule has 0 aliphatic heterocycles. The highest BCUT2D eigenvalue weighted by Gasteiger charge is 2.19. The zero-order valence-corrected chi connectivity index (χ0v) is 18.7. The van der Waals surface area contributed by atoms with Crippen LogP contribution in [0.4, 0.5) is 5.69 Å². The number of carbonyl (C=O) groups is 1. The maximum absolute atomic E-state index is 12.7. The highest BCUT2D eigenvalue weighted by molar-refractivity contribution is 8.00. The summed E-state index contributed by atoms with van der Waals surface area (Å²) in [6.07, 6.45) is 0. The van der Waals surface area contributed by atoms with Crippen LogP contribution in [0.2, 0.25) is 0 Å². The van der Waals surface area contributed by atoms with Gasteiger partial charge in [-0.3, -0.25) is 14.2 Å². The van der Waals surface area contributed by atoms with Crippen molar-refractivity contribution in [2.45, 2.75) is 30.8 Å². The maximum atomic E-state index is 12.7. The molecule has 0 bridgehead atoms. The number of benzene rings is 2. The molecule has 0 radical (unpaired) electrons. The molecule has 0 aliphatic carbocycles. The van der Waals surface area contributed by atoms with Crippen LogP contribution in [0.1, 0.15) is 13.8 Å². The van der Waals surface area contributed by atoms with Gasteiger partial charge in [0.05, 0.1) is 10.8 Å². The van der Waals surface area contributed by atoms with Gasteiger partial charge in [0.25, 0.3) is 5.56 Å². The molecule has 2 aromatic carbocycles. The normalized spacial score (nSPS) is 11.9. The Kier molecular flexibility index (Phi) is 6.39. The van der Waals surface area contributed by atoms with E-state index in [0.717, 1.165) is 5.75 Å². The fourth-order valence-electron chi connectivity index (χ4n) is 2.98. The van der Waals surface area contributed by atoms with E-state index < -0.39 is 5.25 Å². The van der Waals surface area contributed by atoms with Crippen LogP contribution < -0.4 is 15.6 Å². The summed E-state index contributed by atoms with van der Waals surface area (Å²) in [6.45, 7) is 4.20. The number of hydrogen-bond donors (Lipinski definition) is 1. The summed E-state index contributed by atoms with van der Waals surface area (Å²) in [6, 6.07) is 18.5. The minimum atomic E-state index is -0.430. The monoisotopic (exact) mass is 451 g/mol. The molecule has 0 fully saturated rings. The highest BCUT2D eigenvalue weighted by atomic mass is 32.2. The smallest absolute Gasteiger partial charge is 0.272 e. The van der Waals surface area contributed by atoms with E-state index in [2.05, 4.69) is 10.3 Å². The quantitative estimate of drug-likeness (QED) is 0.301. The Labute approximate surface area is 187 Å². The summed E-state index contributed by atoms with van der Waals surface area (Å²) in [7, 11) is 0. The van der Waals surface area contributed by atoms with Crippen LogP contribution >= 0.6 is 23.1 Å². The molecule has 2 heterocycles. The minimum Gasteiger partial charge on any atom is -0.457 e. The molecular formula is C23H21N3O3S2. The summed E-state index contributed by atoms with van der Waals surface area (Å²) in [5.41, 5.74) is 1.28. The second-order valence-corrected chi connectivity index (χ2v) is 8.99. The van der Waals surface area contributed by atoms with Crippen molar-refractivity contribution < 1.29 is 9.53 Å². The number of nitrogens with one attached hydrogen (secondary N) is 1. The van der Waals surface area contributed by atoms with E-state index >= 15 is 0 Å². The van der Waals surface area contributed by atoms with Gasteiger partial charge in [0.2, 0.25) is 5.91 Å². The van der Waals surface area contributed by atoms with Gasteiger partial charge in [-0.25, -0.2) is 4.98 Å². The molecule has 0 saturated heterocycles. The van der Waals surface area contributed by atoms with E-state index in [0.29, 0.717) is 33.4 Å². The van der Waals surface area contributed by atoms with Gasteiger partial charge >= 0.3 is 0 Å². The third kappa shape index (κ3) is 4.81. The molecule has 4 aromatic rings. The first-order valence-corrected chi connectivity index (χ1v) is 11.6. The van der Waals surface area contributed by atoms with E-state index in [9.17, 15) is 9.59 Å². The van der Waals surface area contributed by atoms with Gasteiger partial charge in [0.1, 0.15) is 16.2 Å². The van der Waals surface area contributed by atoms with Gasteiger partial charge in [-0.2, -0.15) is 0 Å². The summed E-state index contributed by atoms with van der Waals surface area (Å²) in [5, 5.41) is 4.88. The Morgan fingerprint density at radius 3 is 2.55 bits per heavy atom. The molecule has 6 nitrogen and oxygen atoms in total. The van der Waals surface area contributed by atoms with Crippen molar-refractivity contribution in [3.63, 3.8) is 0 Å². The van der Waals surface area contributed by atoms with Gasteiger partial charge in [-0.1, -0.05) is 30.0 Å². The van der Waals surface area contributed by atoms with Crippen LogP contribution in [0, 0.1) is 0 Å². The molecule has 8 heteroatoms. The molecule has 1 amide bonds. The number of thioether (sulfide) groups is 1. The largest absolute Gasteiger partial charge is 0.457 e. The molecule has 1 atom stereocenters. The molecular weight excluding hydrogens is 430 g/mol. The Balaban J connectivity index is 1.43. The maximum Gasteiger partial charge on any atom is 0.272 e. The lowest BCUT2D eigenvalue weighted by molar-refractivity contribution is -0.115. The van der Waals surface area contributed by atoms with Crippen LogP contribution in [-0.4, -0.2) is 20.7 Å².